The van der Waals surface area contributed by atoms with Gasteiger partial charge in [-0.3, -0.25) is 9.69 Å². The van der Waals surface area contributed by atoms with Crippen molar-refractivity contribution in [2.75, 3.05) is 25.0 Å². The number of rotatable bonds is 7. The van der Waals surface area contributed by atoms with Gasteiger partial charge >= 0.3 is 6.09 Å². The number of carbonyl (C=O) groups is 2. The predicted octanol–water partition coefficient (Wildman–Crippen LogP) is 4.94. The first kappa shape index (κ1) is 23.7. The number of amides is 2. The summed E-state index contributed by atoms with van der Waals surface area (Å²) in [7, 11) is 0. The van der Waals surface area contributed by atoms with E-state index < -0.39 is 0 Å². The standard InChI is InChI=1S/C26H31N5O3S/c1-2-16-9-12-31(26(33)34-20-7-10-28-11-8-20)22(16)13-19(15-27)18-5-6-21-23(14-18)35-25(29-21)30-24(32)17-3-4-17/h5-6,13-15,17,20,27-28H,2-4,7-12H2,1H3,(H,29,30,32)/b19-13+,27-15?. The van der Waals surface area contributed by atoms with E-state index in [9.17, 15) is 9.59 Å². The van der Waals surface area contributed by atoms with Gasteiger partial charge in [0.15, 0.2) is 5.13 Å². The Morgan fingerprint density at radius 2 is 2.09 bits per heavy atom. The molecule has 2 aliphatic heterocycles. The molecule has 8 nitrogen and oxygen atoms in total. The van der Waals surface area contributed by atoms with Gasteiger partial charge in [0.1, 0.15) is 6.10 Å². The Morgan fingerprint density at radius 3 is 2.80 bits per heavy atom. The lowest BCUT2D eigenvalue weighted by Gasteiger charge is -2.26. The van der Waals surface area contributed by atoms with Crippen LogP contribution >= 0.6 is 11.3 Å². The minimum Gasteiger partial charge on any atom is -0.446 e. The van der Waals surface area contributed by atoms with Crippen LogP contribution in [0, 0.1) is 11.3 Å². The van der Waals surface area contributed by atoms with Crippen molar-refractivity contribution >= 4 is 50.5 Å². The molecule has 35 heavy (non-hydrogen) atoms. The minimum atomic E-state index is -0.301. The number of ether oxygens (including phenoxy) is 1. The lowest BCUT2D eigenvalue weighted by atomic mass is 10.0. The topological polar surface area (TPSA) is 107 Å². The lowest BCUT2D eigenvalue weighted by molar-refractivity contribution is -0.117. The predicted molar refractivity (Wildman–Crippen MR) is 139 cm³/mol. The van der Waals surface area contributed by atoms with E-state index in [1.165, 1.54) is 23.1 Å². The van der Waals surface area contributed by atoms with E-state index in [4.69, 9.17) is 10.1 Å². The number of hydrogen-bond acceptors (Lipinski definition) is 7. The molecule has 3 aliphatic rings. The van der Waals surface area contributed by atoms with Crippen molar-refractivity contribution in [2.24, 2.45) is 5.92 Å². The molecule has 0 atom stereocenters. The highest BCUT2D eigenvalue weighted by atomic mass is 32.1. The van der Waals surface area contributed by atoms with E-state index in [0.29, 0.717) is 17.2 Å². The molecule has 0 unspecified atom stereocenters. The van der Waals surface area contributed by atoms with Crippen molar-refractivity contribution in [3.05, 3.63) is 41.1 Å². The Hall–Kier alpha value is -3.04. The second kappa shape index (κ2) is 10.3. The third-order valence-corrected chi connectivity index (χ3v) is 7.77. The number of anilines is 1. The van der Waals surface area contributed by atoms with E-state index in [1.54, 1.807) is 4.90 Å². The van der Waals surface area contributed by atoms with Crippen LogP contribution < -0.4 is 10.6 Å². The van der Waals surface area contributed by atoms with Crippen LogP contribution in [0.25, 0.3) is 15.8 Å². The van der Waals surface area contributed by atoms with Crippen molar-refractivity contribution in [1.82, 2.24) is 15.2 Å². The highest BCUT2D eigenvalue weighted by molar-refractivity contribution is 7.22. The molecule has 3 heterocycles. The maximum absolute atomic E-state index is 13.0. The molecule has 3 N–H and O–H groups in total. The van der Waals surface area contributed by atoms with Crippen LogP contribution in [0.5, 0.6) is 0 Å². The van der Waals surface area contributed by atoms with Crippen LogP contribution in [0.2, 0.25) is 0 Å². The molecule has 9 heteroatoms. The number of carbonyl (C=O) groups excluding carboxylic acids is 2. The van der Waals surface area contributed by atoms with Gasteiger partial charge in [0.2, 0.25) is 5.91 Å². The Bertz CT molecular complexity index is 1210. The number of nitrogens with zero attached hydrogens (tertiary/aromatic N) is 2. The normalized spacial score (nSPS) is 19.3. The van der Waals surface area contributed by atoms with Crippen molar-refractivity contribution in [2.45, 2.75) is 51.6 Å². The monoisotopic (exact) mass is 493 g/mol. The summed E-state index contributed by atoms with van der Waals surface area (Å²) in [5, 5.41) is 14.9. The first-order valence-electron chi connectivity index (χ1n) is 12.4. The van der Waals surface area contributed by atoms with E-state index >= 15 is 0 Å². The van der Waals surface area contributed by atoms with Crippen LogP contribution in [0.4, 0.5) is 9.93 Å². The van der Waals surface area contributed by atoms with E-state index in [0.717, 1.165) is 73.1 Å². The third kappa shape index (κ3) is 5.31. The van der Waals surface area contributed by atoms with Crippen LogP contribution in [-0.2, 0) is 9.53 Å². The molecule has 184 valence electrons. The fourth-order valence-electron chi connectivity index (χ4n) is 4.60. The molecule has 1 aliphatic carbocycles. The molecule has 2 fully saturated rings. The minimum absolute atomic E-state index is 0.0427. The maximum Gasteiger partial charge on any atom is 0.414 e. The summed E-state index contributed by atoms with van der Waals surface area (Å²) in [5.74, 6) is 0.169. The molecule has 0 radical (unpaired) electrons. The number of aromatic nitrogens is 1. The molecular formula is C26H31N5O3S. The van der Waals surface area contributed by atoms with Crippen LogP contribution in [0.15, 0.2) is 35.5 Å². The number of thiazole rings is 1. The third-order valence-electron chi connectivity index (χ3n) is 6.84. The van der Waals surface area contributed by atoms with Gasteiger partial charge in [-0.2, -0.15) is 0 Å². The molecule has 5 rings (SSSR count). The highest BCUT2D eigenvalue weighted by Crippen LogP contribution is 2.34. The highest BCUT2D eigenvalue weighted by Gasteiger charge is 2.31. The SMILES string of the molecule is CCC1=C(/C=C(\C=N)c2ccc3nc(NC(=O)C4CC4)sc3c2)N(C(=O)OC2CCNCC2)CC1. The molecule has 1 saturated heterocycles. The number of nitrogens with one attached hydrogen (secondary N) is 3. The molecular weight excluding hydrogens is 462 g/mol. The fourth-order valence-corrected chi connectivity index (χ4v) is 5.51. The Kier molecular flexibility index (Phi) is 6.97. The quantitative estimate of drug-likeness (QED) is 0.474. The van der Waals surface area contributed by atoms with Gasteiger partial charge in [-0.05, 0) is 81.0 Å². The van der Waals surface area contributed by atoms with Gasteiger partial charge in [-0.15, -0.1) is 0 Å². The molecule has 0 bridgehead atoms. The molecule has 1 saturated carbocycles. The van der Waals surface area contributed by atoms with Gasteiger partial charge in [0, 0.05) is 29.9 Å². The van der Waals surface area contributed by atoms with E-state index in [-0.39, 0.29) is 24.0 Å². The van der Waals surface area contributed by atoms with Gasteiger partial charge < -0.3 is 20.8 Å². The fraction of sp³-hybridized carbons (Fsp3) is 0.462. The number of fused-ring (bicyclic) bond motifs is 1. The first-order valence-corrected chi connectivity index (χ1v) is 13.2. The van der Waals surface area contributed by atoms with Crippen molar-refractivity contribution < 1.29 is 14.3 Å². The number of piperidine rings is 1. The second-order valence-corrected chi connectivity index (χ2v) is 10.3. The number of benzene rings is 1. The number of hydrogen-bond donors (Lipinski definition) is 3. The Balaban J connectivity index is 1.38. The van der Waals surface area contributed by atoms with Crippen LogP contribution in [0.3, 0.4) is 0 Å². The van der Waals surface area contributed by atoms with E-state index in [1.807, 2.05) is 24.3 Å². The zero-order valence-electron chi connectivity index (χ0n) is 19.9. The van der Waals surface area contributed by atoms with Gasteiger partial charge in [0.25, 0.3) is 0 Å². The van der Waals surface area contributed by atoms with Crippen molar-refractivity contribution in [3.63, 3.8) is 0 Å². The lowest BCUT2D eigenvalue weighted by Crippen LogP contribution is -2.37. The summed E-state index contributed by atoms with van der Waals surface area (Å²) in [4.78, 5) is 31.4. The maximum atomic E-state index is 13.0. The average Bonchev–Trinajstić information content (AvgIpc) is 3.53. The smallest absolute Gasteiger partial charge is 0.414 e. The van der Waals surface area contributed by atoms with Crippen LogP contribution in [-0.4, -0.2) is 53.8 Å². The first-order chi connectivity index (χ1) is 17.1. The van der Waals surface area contributed by atoms with Gasteiger partial charge in [0.05, 0.1) is 10.2 Å². The largest absolute Gasteiger partial charge is 0.446 e. The van der Waals surface area contributed by atoms with Gasteiger partial charge in [-0.25, -0.2) is 9.78 Å². The summed E-state index contributed by atoms with van der Waals surface area (Å²) < 4.78 is 6.76. The molecule has 1 aromatic heterocycles. The summed E-state index contributed by atoms with van der Waals surface area (Å²) >= 11 is 1.44. The Labute approximate surface area is 208 Å². The molecule has 2 amide bonds. The van der Waals surface area contributed by atoms with Crippen molar-refractivity contribution in [3.8, 4) is 0 Å². The average molecular weight is 494 g/mol. The van der Waals surface area contributed by atoms with E-state index in [2.05, 4.69) is 22.5 Å². The summed E-state index contributed by atoms with van der Waals surface area (Å²) in [5.41, 5.74) is 4.43. The zero-order chi connectivity index (χ0) is 24.4. The van der Waals surface area contributed by atoms with Crippen LogP contribution in [0.1, 0.15) is 51.0 Å². The zero-order valence-corrected chi connectivity index (χ0v) is 20.7. The Morgan fingerprint density at radius 1 is 1.29 bits per heavy atom. The molecule has 2 aromatic rings. The molecule has 0 spiro atoms. The molecule has 1 aromatic carbocycles. The summed E-state index contributed by atoms with van der Waals surface area (Å²) in [6, 6.07) is 5.85. The summed E-state index contributed by atoms with van der Waals surface area (Å²) in [6.45, 7) is 4.42. The van der Waals surface area contributed by atoms with Gasteiger partial charge in [-0.1, -0.05) is 24.3 Å². The summed E-state index contributed by atoms with van der Waals surface area (Å²) in [6.07, 6.45) is 8.12. The number of allylic oxidation sites excluding steroid dienone is 2. The second-order valence-electron chi connectivity index (χ2n) is 9.29. The van der Waals surface area contributed by atoms with Crippen molar-refractivity contribution in [1.29, 1.82) is 5.41 Å².